The van der Waals surface area contributed by atoms with Gasteiger partial charge in [0, 0.05) is 49.0 Å². The van der Waals surface area contributed by atoms with Crippen LogP contribution in [0.4, 0.5) is 4.79 Å². The molecule has 3 rings (SSSR count). The summed E-state index contributed by atoms with van der Waals surface area (Å²) in [7, 11) is -1.69. The van der Waals surface area contributed by atoms with E-state index in [4.69, 9.17) is 0 Å². The molecule has 8 nitrogen and oxygen atoms in total. The zero-order valence-corrected chi connectivity index (χ0v) is 18.5. The summed E-state index contributed by atoms with van der Waals surface area (Å²) in [4.78, 5) is 14.5. The Hall–Kier alpha value is -1.91. The van der Waals surface area contributed by atoms with Gasteiger partial charge in [0.1, 0.15) is 0 Å². The molecule has 1 fully saturated rings. The maximum atomic E-state index is 12.8. The van der Waals surface area contributed by atoms with Crippen LogP contribution in [0.15, 0.2) is 39.8 Å². The van der Waals surface area contributed by atoms with Crippen molar-refractivity contribution < 1.29 is 13.2 Å². The highest BCUT2D eigenvalue weighted by Gasteiger charge is 2.30. The summed E-state index contributed by atoms with van der Waals surface area (Å²) >= 11 is 3.31. The molecular formula is C18H24BrN5O3S. The number of nitrogens with zero attached hydrogens (tertiary/aromatic N) is 4. The number of amides is 2. The largest absolute Gasteiger partial charge is 0.331 e. The fourth-order valence-corrected chi connectivity index (χ4v) is 4.87. The van der Waals surface area contributed by atoms with Crippen LogP contribution in [0, 0.1) is 6.92 Å². The van der Waals surface area contributed by atoms with Gasteiger partial charge in [-0.1, -0.05) is 15.9 Å². The van der Waals surface area contributed by atoms with Gasteiger partial charge in [-0.25, -0.2) is 13.2 Å². The molecule has 10 heteroatoms. The quantitative estimate of drug-likeness (QED) is 0.743. The lowest BCUT2D eigenvalue weighted by Gasteiger charge is -2.34. The highest BCUT2D eigenvalue weighted by molar-refractivity contribution is 9.10. The van der Waals surface area contributed by atoms with E-state index in [9.17, 15) is 13.2 Å². The number of halogens is 1. The Balaban J connectivity index is 1.59. The van der Waals surface area contributed by atoms with E-state index in [-0.39, 0.29) is 30.1 Å². The van der Waals surface area contributed by atoms with Gasteiger partial charge in [-0.05, 0) is 38.1 Å². The SMILES string of the molecule is Cc1c(C(C)NC(=O)N2CCN(S(=O)(=O)c3ccc(Br)cc3)CC2)cnn1C. The van der Waals surface area contributed by atoms with E-state index in [0.29, 0.717) is 13.1 Å². The lowest BCUT2D eigenvalue weighted by molar-refractivity contribution is 0.169. The van der Waals surface area contributed by atoms with Crippen LogP contribution in [0.25, 0.3) is 0 Å². The molecule has 1 atom stereocenters. The maximum Gasteiger partial charge on any atom is 0.317 e. The Morgan fingerprint density at radius 2 is 1.79 bits per heavy atom. The molecule has 1 aromatic carbocycles. The average Bonchev–Trinajstić information content (AvgIpc) is 3.01. The number of urea groups is 1. The van der Waals surface area contributed by atoms with Crippen molar-refractivity contribution in [2.24, 2.45) is 7.05 Å². The van der Waals surface area contributed by atoms with Crippen molar-refractivity contribution in [2.75, 3.05) is 26.2 Å². The smallest absolute Gasteiger partial charge is 0.317 e. The van der Waals surface area contributed by atoms with E-state index in [1.54, 1.807) is 40.0 Å². The molecule has 0 aliphatic carbocycles. The van der Waals surface area contributed by atoms with Crippen molar-refractivity contribution in [3.8, 4) is 0 Å². The van der Waals surface area contributed by atoms with E-state index in [1.807, 2.05) is 20.9 Å². The zero-order chi connectivity index (χ0) is 20.5. The number of hydrogen-bond donors (Lipinski definition) is 1. The van der Waals surface area contributed by atoms with Crippen molar-refractivity contribution >= 4 is 32.0 Å². The Kier molecular flexibility index (Phi) is 6.11. The average molecular weight is 470 g/mol. The van der Waals surface area contributed by atoms with Crippen LogP contribution in [0.5, 0.6) is 0 Å². The van der Waals surface area contributed by atoms with Crippen LogP contribution >= 0.6 is 15.9 Å². The molecule has 0 radical (unpaired) electrons. The summed E-state index contributed by atoms with van der Waals surface area (Å²) in [5, 5.41) is 7.18. The Morgan fingerprint density at radius 3 is 2.32 bits per heavy atom. The molecular weight excluding hydrogens is 446 g/mol. The molecule has 28 heavy (non-hydrogen) atoms. The first-order chi connectivity index (χ1) is 13.2. The fraction of sp³-hybridized carbons (Fsp3) is 0.444. The third-order valence-electron chi connectivity index (χ3n) is 5.06. The minimum Gasteiger partial charge on any atom is -0.331 e. The second-order valence-corrected chi connectivity index (χ2v) is 9.68. The second kappa shape index (κ2) is 8.22. The van der Waals surface area contributed by atoms with Gasteiger partial charge in [0.2, 0.25) is 10.0 Å². The van der Waals surface area contributed by atoms with Crippen molar-refractivity contribution in [1.82, 2.24) is 24.3 Å². The van der Waals surface area contributed by atoms with E-state index in [0.717, 1.165) is 15.7 Å². The van der Waals surface area contributed by atoms with Crippen molar-refractivity contribution in [1.29, 1.82) is 0 Å². The summed E-state index contributed by atoms with van der Waals surface area (Å²) in [6, 6.07) is 6.20. The molecule has 2 aromatic rings. The van der Waals surface area contributed by atoms with Crippen molar-refractivity contribution in [3.63, 3.8) is 0 Å². The fourth-order valence-electron chi connectivity index (χ4n) is 3.18. The maximum absolute atomic E-state index is 12.8. The highest BCUT2D eigenvalue weighted by atomic mass is 79.9. The topological polar surface area (TPSA) is 87.5 Å². The van der Waals surface area contributed by atoms with Gasteiger partial charge in [0.15, 0.2) is 0 Å². The van der Waals surface area contributed by atoms with Gasteiger partial charge in [-0.3, -0.25) is 4.68 Å². The van der Waals surface area contributed by atoms with Crippen LogP contribution < -0.4 is 5.32 Å². The molecule has 0 bridgehead atoms. The standard InChI is InChI=1S/C18H24BrN5O3S/c1-13(17-12-20-22(3)14(17)2)21-18(25)23-8-10-24(11-9-23)28(26,27)16-6-4-15(19)5-7-16/h4-7,12-13H,8-11H2,1-3H3,(H,21,25). The molecule has 2 amide bonds. The predicted octanol–water partition coefficient (Wildman–Crippen LogP) is 2.27. The molecule has 1 unspecified atom stereocenters. The number of carbonyl (C=O) groups excluding carboxylic acids is 1. The van der Waals surface area contributed by atoms with Gasteiger partial charge in [-0.15, -0.1) is 0 Å². The number of aromatic nitrogens is 2. The Labute approximate surface area is 173 Å². The summed E-state index contributed by atoms with van der Waals surface area (Å²) in [6.45, 7) is 5.10. The van der Waals surface area contributed by atoms with E-state index in [1.165, 1.54) is 4.31 Å². The lowest BCUT2D eigenvalue weighted by Crippen LogP contribution is -2.53. The van der Waals surface area contributed by atoms with Crippen LogP contribution in [0.2, 0.25) is 0 Å². The monoisotopic (exact) mass is 469 g/mol. The van der Waals surface area contributed by atoms with E-state index in [2.05, 4.69) is 26.3 Å². The predicted molar refractivity (Wildman–Crippen MR) is 109 cm³/mol. The minimum absolute atomic E-state index is 0.175. The number of rotatable bonds is 4. The van der Waals surface area contributed by atoms with Crippen LogP contribution in [0.3, 0.4) is 0 Å². The molecule has 1 N–H and O–H groups in total. The lowest BCUT2D eigenvalue weighted by atomic mass is 10.1. The first-order valence-electron chi connectivity index (χ1n) is 9.00. The normalized spacial score (nSPS) is 16.8. The first-order valence-corrected chi connectivity index (χ1v) is 11.2. The van der Waals surface area contributed by atoms with Crippen molar-refractivity contribution in [3.05, 3.63) is 46.2 Å². The molecule has 1 aromatic heterocycles. The number of nitrogens with one attached hydrogen (secondary N) is 1. The molecule has 1 saturated heterocycles. The van der Waals surface area contributed by atoms with Gasteiger partial charge in [-0.2, -0.15) is 9.40 Å². The first kappa shape index (κ1) is 20.8. The van der Waals surface area contributed by atoms with Crippen LogP contribution in [-0.2, 0) is 17.1 Å². The van der Waals surface area contributed by atoms with Gasteiger partial charge in [0.05, 0.1) is 17.1 Å². The minimum atomic E-state index is -3.55. The van der Waals surface area contributed by atoms with Crippen LogP contribution in [-0.4, -0.2) is 59.6 Å². The van der Waals surface area contributed by atoms with Gasteiger partial charge < -0.3 is 10.2 Å². The van der Waals surface area contributed by atoms with Crippen LogP contribution in [0.1, 0.15) is 24.2 Å². The number of piperazine rings is 1. The number of aryl methyl sites for hydroxylation is 1. The summed E-state index contributed by atoms with van der Waals surface area (Å²) in [6.07, 6.45) is 1.75. The Bertz CT molecular complexity index is 950. The summed E-state index contributed by atoms with van der Waals surface area (Å²) < 4.78 is 29.5. The number of sulfonamides is 1. The molecule has 0 spiro atoms. The highest BCUT2D eigenvalue weighted by Crippen LogP contribution is 2.21. The summed E-state index contributed by atoms with van der Waals surface area (Å²) in [5.41, 5.74) is 1.96. The zero-order valence-electron chi connectivity index (χ0n) is 16.1. The van der Waals surface area contributed by atoms with Gasteiger partial charge >= 0.3 is 6.03 Å². The molecule has 1 aliphatic rings. The van der Waals surface area contributed by atoms with Gasteiger partial charge in [0.25, 0.3) is 0 Å². The summed E-state index contributed by atoms with van der Waals surface area (Å²) in [5.74, 6) is 0. The van der Waals surface area contributed by atoms with E-state index >= 15 is 0 Å². The molecule has 1 aliphatic heterocycles. The Morgan fingerprint density at radius 1 is 1.18 bits per heavy atom. The molecule has 2 heterocycles. The van der Waals surface area contributed by atoms with Crippen molar-refractivity contribution in [2.45, 2.75) is 24.8 Å². The number of hydrogen-bond acceptors (Lipinski definition) is 4. The molecule has 152 valence electrons. The second-order valence-electron chi connectivity index (χ2n) is 6.83. The third kappa shape index (κ3) is 4.23. The van der Waals surface area contributed by atoms with E-state index < -0.39 is 10.0 Å². The number of carbonyl (C=O) groups is 1. The third-order valence-corrected chi connectivity index (χ3v) is 7.50. The molecule has 0 saturated carbocycles. The number of benzene rings is 1.